The van der Waals surface area contributed by atoms with Crippen molar-refractivity contribution in [3.8, 4) is 11.5 Å². The molecular weight excluding hydrogens is 340 g/mol. The van der Waals surface area contributed by atoms with Gasteiger partial charge in [0.05, 0.1) is 14.2 Å². The van der Waals surface area contributed by atoms with Crippen molar-refractivity contribution in [2.45, 2.75) is 11.2 Å². The fourth-order valence-electron chi connectivity index (χ4n) is 2.13. The number of halogens is 2. The average molecular weight is 356 g/mol. The first-order chi connectivity index (χ1) is 9.67. The van der Waals surface area contributed by atoms with Gasteiger partial charge in [-0.25, -0.2) is 0 Å². The highest BCUT2D eigenvalue weighted by atomic mass is 79.9. The molecule has 0 saturated heterocycles. The van der Waals surface area contributed by atoms with Crippen LogP contribution < -0.4 is 9.47 Å². The Morgan fingerprint density at radius 2 is 1.80 bits per heavy atom. The Morgan fingerprint density at radius 3 is 2.45 bits per heavy atom. The van der Waals surface area contributed by atoms with Gasteiger partial charge in [-0.1, -0.05) is 57.9 Å². The van der Waals surface area contributed by atoms with E-state index < -0.39 is 0 Å². The zero-order chi connectivity index (χ0) is 14.5. The van der Waals surface area contributed by atoms with Gasteiger partial charge >= 0.3 is 0 Å². The van der Waals surface area contributed by atoms with Crippen LogP contribution in [0.2, 0.25) is 5.02 Å². The molecule has 0 heterocycles. The molecule has 0 N–H and O–H groups in total. The van der Waals surface area contributed by atoms with Crippen LogP contribution in [0, 0.1) is 0 Å². The Balaban J connectivity index is 2.30. The standard InChI is InChI=1S/C16H16BrClO2/c1-19-15-9-5-7-12(16(15)20-2)13(17)10-11-6-3-4-8-14(11)18/h3-9,13H,10H2,1-2H3. The molecule has 0 saturated carbocycles. The summed E-state index contributed by atoms with van der Waals surface area (Å²) < 4.78 is 10.8. The first kappa shape index (κ1) is 15.2. The molecule has 0 spiro atoms. The lowest BCUT2D eigenvalue weighted by Crippen LogP contribution is -2.01. The summed E-state index contributed by atoms with van der Waals surface area (Å²) in [6.45, 7) is 0. The molecule has 0 amide bonds. The maximum absolute atomic E-state index is 6.21. The van der Waals surface area contributed by atoms with Crippen molar-refractivity contribution >= 4 is 27.5 Å². The minimum Gasteiger partial charge on any atom is -0.493 e. The number of alkyl halides is 1. The first-order valence-electron chi connectivity index (χ1n) is 6.25. The van der Waals surface area contributed by atoms with E-state index in [0.717, 1.165) is 34.1 Å². The molecule has 0 aliphatic carbocycles. The number of ether oxygens (including phenoxy) is 2. The van der Waals surface area contributed by atoms with Gasteiger partial charge < -0.3 is 9.47 Å². The van der Waals surface area contributed by atoms with Gasteiger partial charge in [-0.3, -0.25) is 0 Å². The van der Waals surface area contributed by atoms with E-state index in [-0.39, 0.29) is 4.83 Å². The molecule has 1 atom stereocenters. The Kier molecular flexibility index (Phi) is 5.32. The predicted molar refractivity (Wildman–Crippen MR) is 86.4 cm³/mol. The Hall–Kier alpha value is -1.19. The fraction of sp³-hybridized carbons (Fsp3) is 0.250. The average Bonchev–Trinajstić information content (AvgIpc) is 2.48. The maximum atomic E-state index is 6.21. The zero-order valence-corrected chi connectivity index (χ0v) is 13.7. The number of hydrogen-bond acceptors (Lipinski definition) is 2. The Morgan fingerprint density at radius 1 is 1.05 bits per heavy atom. The second-order valence-corrected chi connectivity index (χ2v) is 5.86. The molecule has 106 valence electrons. The van der Waals surface area contributed by atoms with Gasteiger partial charge in [0.1, 0.15) is 0 Å². The lowest BCUT2D eigenvalue weighted by atomic mass is 10.0. The molecular formula is C16H16BrClO2. The lowest BCUT2D eigenvalue weighted by molar-refractivity contribution is 0.351. The van der Waals surface area contributed by atoms with Crippen LogP contribution in [0.1, 0.15) is 16.0 Å². The van der Waals surface area contributed by atoms with Gasteiger partial charge in [0.15, 0.2) is 11.5 Å². The van der Waals surface area contributed by atoms with Crippen molar-refractivity contribution in [3.05, 3.63) is 58.6 Å². The van der Waals surface area contributed by atoms with Crippen molar-refractivity contribution in [2.75, 3.05) is 14.2 Å². The number of rotatable bonds is 5. The monoisotopic (exact) mass is 354 g/mol. The third kappa shape index (κ3) is 3.28. The summed E-state index contributed by atoms with van der Waals surface area (Å²) in [4.78, 5) is 0.104. The molecule has 1 unspecified atom stereocenters. The second kappa shape index (κ2) is 7.00. The topological polar surface area (TPSA) is 18.5 Å². The minimum absolute atomic E-state index is 0.104. The van der Waals surface area contributed by atoms with E-state index in [0.29, 0.717) is 0 Å². The molecule has 2 rings (SSSR count). The van der Waals surface area contributed by atoms with Crippen LogP contribution >= 0.6 is 27.5 Å². The SMILES string of the molecule is COc1cccc(C(Br)Cc2ccccc2Cl)c1OC. The fourth-order valence-corrected chi connectivity index (χ4v) is 3.05. The minimum atomic E-state index is 0.104. The van der Waals surface area contributed by atoms with Crippen LogP contribution in [0.3, 0.4) is 0 Å². The lowest BCUT2D eigenvalue weighted by Gasteiger charge is -2.17. The quantitative estimate of drug-likeness (QED) is 0.700. The zero-order valence-electron chi connectivity index (χ0n) is 11.4. The predicted octanol–water partition coefficient (Wildman–Crippen LogP) is 5.04. The molecule has 0 radical (unpaired) electrons. The third-order valence-electron chi connectivity index (χ3n) is 3.13. The molecule has 2 nitrogen and oxygen atoms in total. The Bertz CT molecular complexity index is 586. The van der Waals surface area contributed by atoms with Crippen LogP contribution in [-0.2, 0) is 6.42 Å². The molecule has 20 heavy (non-hydrogen) atoms. The highest BCUT2D eigenvalue weighted by molar-refractivity contribution is 9.09. The van der Waals surface area contributed by atoms with Gasteiger partial charge in [-0.05, 0) is 24.1 Å². The first-order valence-corrected chi connectivity index (χ1v) is 7.55. The van der Waals surface area contributed by atoms with Crippen molar-refractivity contribution in [1.82, 2.24) is 0 Å². The summed E-state index contributed by atoms with van der Waals surface area (Å²) in [5, 5.41) is 0.777. The number of hydrogen-bond donors (Lipinski definition) is 0. The van der Waals surface area contributed by atoms with Gasteiger partial charge in [0.25, 0.3) is 0 Å². The number of para-hydroxylation sites is 1. The summed E-state index contributed by atoms with van der Waals surface area (Å²) in [6.07, 6.45) is 0.781. The highest BCUT2D eigenvalue weighted by Gasteiger charge is 2.18. The summed E-state index contributed by atoms with van der Waals surface area (Å²) in [5.74, 6) is 1.48. The Labute approximate surface area is 132 Å². The van der Waals surface area contributed by atoms with Gasteiger partial charge in [-0.2, -0.15) is 0 Å². The molecule has 4 heteroatoms. The summed E-state index contributed by atoms with van der Waals surface area (Å²) in [7, 11) is 3.29. The number of methoxy groups -OCH3 is 2. The summed E-state index contributed by atoms with van der Waals surface area (Å²) in [5.41, 5.74) is 2.15. The van der Waals surface area contributed by atoms with E-state index >= 15 is 0 Å². The van der Waals surface area contributed by atoms with Crippen molar-refractivity contribution in [1.29, 1.82) is 0 Å². The normalized spacial score (nSPS) is 12.0. The van der Waals surface area contributed by atoms with E-state index in [9.17, 15) is 0 Å². The van der Waals surface area contributed by atoms with Crippen molar-refractivity contribution < 1.29 is 9.47 Å². The van der Waals surface area contributed by atoms with Crippen LogP contribution in [0.15, 0.2) is 42.5 Å². The van der Waals surface area contributed by atoms with E-state index in [1.165, 1.54) is 0 Å². The van der Waals surface area contributed by atoms with E-state index in [2.05, 4.69) is 15.9 Å². The largest absolute Gasteiger partial charge is 0.493 e. The number of benzene rings is 2. The van der Waals surface area contributed by atoms with Crippen molar-refractivity contribution in [2.24, 2.45) is 0 Å². The smallest absolute Gasteiger partial charge is 0.165 e. The van der Waals surface area contributed by atoms with Crippen LogP contribution in [0.25, 0.3) is 0 Å². The van der Waals surface area contributed by atoms with E-state index in [4.69, 9.17) is 21.1 Å². The molecule has 0 aliphatic rings. The third-order valence-corrected chi connectivity index (χ3v) is 4.31. The second-order valence-electron chi connectivity index (χ2n) is 4.35. The van der Waals surface area contributed by atoms with Gasteiger partial charge in [0, 0.05) is 15.4 Å². The van der Waals surface area contributed by atoms with Crippen molar-refractivity contribution in [3.63, 3.8) is 0 Å². The molecule has 0 bridgehead atoms. The molecule has 2 aromatic carbocycles. The van der Waals surface area contributed by atoms with Gasteiger partial charge in [0.2, 0.25) is 0 Å². The molecule has 0 aliphatic heterocycles. The molecule has 0 fully saturated rings. The molecule has 2 aromatic rings. The molecule has 0 aromatic heterocycles. The highest BCUT2D eigenvalue weighted by Crippen LogP contribution is 2.40. The summed E-state index contributed by atoms with van der Waals surface area (Å²) >= 11 is 9.93. The van der Waals surface area contributed by atoms with Crippen LogP contribution in [0.4, 0.5) is 0 Å². The van der Waals surface area contributed by atoms with E-state index in [1.54, 1.807) is 14.2 Å². The van der Waals surface area contributed by atoms with Crippen LogP contribution in [0.5, 0.6) is 11.5 Å². The van der Waals surface area contributed by atoms with Gasteiger partial charge in [-0.15, -0.1) is 0 Å². The maximum Gasteiger partial charge on any atom is 0.165 e. The van der Waals surface area contributed by atoms with Crippen LogP contribution in [-0.4, -0.2) is 14.2 Å². The van der Waals surface area contributed by atoms with E-state index in [1.807, 2.05) is 42.5 Å². The summed E-state index contributed by atoms with van der Waals surface area (Å²) in [6, 6.07) is 13.7.